The first-order chi connectivity index (χ1) is 9.61. The summed E-state index contributed by atoms with van der Waals surface area (Å²) in [6, 6.07) is 10.4. The molecule has 0 radical (unpaired) electrons. The molecule has 0 unspecified atom stereocenters. The van der Waals surface area contributed by atoms with Gasteiger partial charge in [-0.2, -0.15) is 0 Å². The topological polar surface area (TPSA) is 37.8 Å². The van der Waals surface area contributed by atoms with E-state index >= 15 is 0 Å². The van der Waals surface area contributed by atoms with Crippen LogP contribution in [0.25, 0.3) is 11.3 Å². The van der Waals surface area contributed by atoms with E-state index in [-0.39, 0.29) is 0 Å². The molecule has 0 aliphatic rings. The first-order valence-electron chi connectivity index (χ1n) is 7.30. The average Bonchev–Trinajstić information content (AvgIpc) is 2.45. The van der Waals surface area contributed by atoms with Crippen LogP contribution in [0.4, 0.5) is 5.82 Å². The Kier molecular flexibility index (Phi) is 4.72. The van der Waals surface area contributed by atoms with Gasteiger partial charge in [0.05, 0.1) is 5.69 Å². The predicted molar refractivity (Wildman–Crippen MR) is 85.1 cm³/mol. The van der Waals surface area contributed by atoms with Crippen molar-refractivity contribution in [3.63, 3.8) is 0 Å². The maximum atomic E-state index is 4.72. The third-order valence-electron chi connectivity index (χ3n) is 3.24. The SMILES string of the molecule is CCCNc1cc(-c2ccccc2C)nc(C(C)C)n1. The molecule has 0 aliphatic carbocycles. The summed E-state index contributed by atoms with van der Waals surface area (Å²) in [5, 5.41) is 3.37. The molecule has 1 aromatic carbocycles. The van der Waals surface area contributed by atoms with Crippen LogP contribution in [0.3, 0.4) is 0 Å². The van der Waals surface area contributed by atoms with Crippen LogP contribution in [0.2, 0.25) is 0 Å². The largest absolute Gasteiger partial charge is 0.370 e. The van der Waals surface area contributed by atoms with E-state index in [2.05, 4.69) is 62.3 Å². The molecule has 0 saturated carbocycles. The highest BCUT2D eigenvalue weighted by molar-refractivity contribution is 5.66. The van der Waals surface area contributed by atoms with Crippen molar-refractivity contribution in [2.45, 2.75) is 40.0 Å². The summed E-state index contributed by atoms with van der Waals surface area (Å²) in [6.45, 7) is 9.45. The van der Waals surface area contributed by atoms with Crippen LogP contribution in [0.1, 0.15) is 44.5 Å². The van der Waals surface area contributed by atoms with Crippen molar-refractivity contribution in [3.05, 3.63) is 41.7 Å². The first-order valence-corrected chi connectivity index (χ1v) is 7.30. The van der Waals surface area contributed by atoms with Crippen LogP contribution in [0.15, 0.2) is 30.3 Å². The Morgan fingerprint density at radius 3 is 2.55 bits per heavy atom. The van der Waals surface area contributed by atoms with Gasteiger partial charge in [-0.15, -0.1) is 0 Å². The number of nitrogens with zero attached hydrogens (tertiary/aromatic N) is 2. The molecule has 3 heteroatoms. The summed E-state index contributed by atoms with van der Waals surface area (Å²) in [7, 11) is 0. The smallest absolute Gasteiger partial charge is 0.133 e. The Bertz CT molecular complexity index is 576. The second-order valence-corrected chi connectivity index (χ2v) is 5.39. The van der Waals surface area contributed by atoms with Crippen molar-refractivity contribution in [2.24, 2.45) is 0 Å². The van der Waals surface area contributed by atoms with Crippen LogP contribution in [0, 0.1) is 6.92 Å². The van der Waals surface area contributed by atoms with Crippen LogP contribution in [-0.2, 0) is 0 Å². The molecule has 1 heterocycles. The second-order valence-electron chi connectivity index (χ2n) is 5.39. The number of hydrogen-bond donors (Lipinski definition) is 1. The van der Waals surface area contributed by atoms with E-state index in [0.29, 0.717) is 5.92 Å². The summed E-state index contributed by atoms with van der Waals surface area (Å²) in [6.07, 6.45) is 1.08. The zero-order valence-electron chi connectivity index (χ0n) is 12.8. The monoisotopic (exact) mass is 269 g/mol. The molecule has 0 aliphatic heterocycles. The van der Waals surface area contributed by atoms with Crippen molar-refractivity contribution in [1.29, 1.82) is 0 Å². The van der Waals surface area contributed by atoms with Gasteiger partial charge in [0.15, 0.2) is 0 Å². The van der Waals surface area contributed by atoms with E-state index in [1.165, 1.54) is 11.1 Å². The van der Waals surface area contributed by atoms with E-state index in [9.17, 15) is 0 Å². The molecule has 2 rings (SSSR count). The van der Waals surface area contributed by atoms with Crippen LogP contribution in [0.5, 0.6) is 0 Å². The highest BCUT2D eigenvalue weighted by atomic mass is 15.0. The third-order valence-corrected chi connectivity index (χ3v) is 3.24. The molecular weight excluding hydrogens is 246 g/mol. The van der Waals surface area contributed by atoms with Gasteiger partial charge in [0.1, 0.15) is 11.6 Å². The normalized spacial score (nSPS) is 10.8. The summed E-state index contributed by atoms with van der Waals surface area (Å²) < 4.78 is 0. The Balaban J connectivity index is 2.46. The Labute approximate surface area is 121 Å². The molecule has 20 heavy (non-hydrogen) atoms. The molecule has 0 atom stereocenters. The summed E-state index contributed by atoms with van der Waals surface area (Å²) in [5.41, 5.74) is 3.42. The molecule has 0 bridgehead atoms. The van der Waals surface area contributed by atoms with Gasteiger partial charge >= 0.3 is 0 Å². The van der Waals surface area contributed by atoms with Crippen LogP contribution >= 0.6 is 0 Å². The van der Waals surface area contributed by atoms with Gasteiger partial charge in [-0.25, -0.2) is 9.97 Å². The molecule has 0 spiro atoms. The number of aryl methyl sites for hydroxylation is 1. The Morgan fingerprint density at radius 1 is 1.15 bits per heavy atom. The summed E-state index contributed by atoms with van der Waals surface area (Å²) in [4.78, 5) is 9.32. The van der Waals surface area contributed by atoms with Crippen molar-refractivity contribution in [3.8, 4) is 11.3 Å². The van der Waals surface area contributed by atoms with Gasteiger partial charge in [0.2, 0.25) is 0 Å². The van der Waals surface area contributed by atoms with Crippen LogP contribution < -0.4 is 5.32 Å². The maximum absolute atomic E-state index is 4.72. The molecule has 2 aromatic rings. The molecular formula is C17H23N3. The van der Waals surface area contributed by atoms with Crippen molar-refractivity contribution >= 4 is 5.82 Å². The van der Waals surface area contributed by atoms with Crippen LogP contribution in [-0.4, -0.2) is 16.5 Å². The number of nitrogens with one attached hydrogen (secondary N) is 1. The third kappa shape index (κ3) is 3.35. The Morgan fingerprint density at radius 2 is 1.90 bits per heavy atom. The summed E-state index contributed by atoms with van der Waals surface area (Å²) in [5.74, 6) is 2.13. The van der Waals surface area contributed by atoms with Crippen molar-refractivity contribution < 1.29 is 0 Å². The lowest BCUT2D eigenvalue weighted by molar-refractivity contribution is 0.775. The number of hydrogen-bond acceptors (Lipinski definition) is 3. The van der Waals surface area contributed by atoms with Crippen molar-refractivity contribution in [2.75, 3.05) is 11.9 Å². The van der Waals surface area contributed by atoms with E-state index in [4.69, 9.17) is 4.98 Å². The Hall–Kier alpha value is -1.90. The zero-order valence-corrected chi connectivity index (χ0v) is 12.8. The van der Waals surface area contributed by atoms with Gasteiger partial charge in [-0.05, 0) is 18.9 Å². The molecule has 1 N–H and O–H groups in total. The minimum absolute atomic E-state index is 0.321. The van der Waals surface area contributed by atoms with E-state index in [0.717, 1.165) is 30.3 Å². The van der Waals surface area contributed by atoms with Gasteiger partial charge in [-0.3, -0.25) is 0 Å². The molecule has 0 fully saturated rings. The van der Waals surface area contributed by atoms with E-state index in [1.807, 2.05) is 6.07 Å². The van der Waals surface area contributed by atoms with Gasteiger partial charge in [0, 0.05) is 24.1 Å². The van der Waals surface area contributed by atoms with Crippen molar-refractivity contribution in [1.82, 2.24) is 9.97 Å². The molecule has 0 saturated heterocycles. The quantitative estimate of drug-likeness (QED) is 0.874. The lowest BCUT2D eigenvalue weighted by Gasteiger charge is -2.12. The number of rotatable bonds is 5. The number of benzene rings is 1. The minimum Gasteiger partial charge on any atom is -0.370 e. The highest BCUT2D eigenvalue weighted by Gasteiger charge is 2.10. The van der Waals surface area contributed by atoms with E-state index in [1.54, 1.807) is 0 Å². The minimum atomic E-state index is 0.321. The highest BCUT2D eigenvalue weighted by Crippen LogP contribution is 2.25. The second kappa shape index (κ2) is 6.51. The number of aromatic nitrogens is 2. The lowest BCUT2D eigenvalue weighted by Crippen LogP contribution is -2.07. The average molecular weight is 269 g/mol. The van der Waals surface area contributed by atoms with Gasteiger partial charge < -0.3 is 5.32 Å². The summed E-state index contributed by atoms with van der Waals surface area (Å²) >= 11 is 0. The molecule has 0 amide bonds. The maximum Gasteiger partial charge on any atom is 0.133 e. The molecule has 3 nitrogen and oxygen atoms in total. The first kappa shape index (κ1) is 14.5. The molecule has 106 valence electrons. The lowest BCUT2D eigenvalue weighted by atomic mass is 10.1. The standard InChI is InChI=1S/C17H23N3/c1-5-10-18-16-11-15(19-17(20-16)12(2)3)14-9-7-6-8-13(14)4/h6-9,11-12H,5,10H2,1-4H3,(H,18,19,20). The zero-order chi connectivity index (χ0) is 14.5. The van der Waals surface area contributed by atoms with Gasteiger partial charge in [0.25, 0.3) is 0 Å². The van der Waals surface area contributed by atoms with E-state index < -0.39 is 0 Å². The van der Waals surface area contributed by atoms with Gasteiger partial charge in [-0.1, -0.05) is 45.0 Å². The fraction of sp³-hybridized carbons (Fsp3) is 0.412. The predicted octanol–water partition coefficient (Wildman–Crippen LogP) is 4.40. The fourth-order valence-corrected chi connectivity index (χ4v) is 2.07. The number of anilines is 1. The molecule has 1 aromatic heterocycles. The fourth-order valence-electron chi connectivity index (χ4n) is 2.07.